The summed E-state index contributed by atoms with van der Waals surface area (Å²) in [5.41, 5.74) is 2.35. The minimum absolute atomic E-state index is 0.0725. The Hall–Kier alpha value is -3.22. The van der Waals surface area contributed by atoms with E-state index in [1.165, 1.54) is 11.3 Å². The molecule has 5 nitrogen and oxygen atoms in total. The third-order valence-corrected chi connectivity index (χ3v) is 6.35. The molecule has 4 aromatic rings. The number of carbonyl (C=O) groups is 1. The molecule has 0 spiro atoms. The monoisotopic (exact) mass is 466 g/mol. The van der Waals surface area contributed by atoms with E-state index in [0.717, 1.165) is 16.1 Å². The van der Waals surface area contributed by atoms with Gasteiger partial charge in [-0.1, -0.05) is 23.7 Å². The van der Waals surface area contributed by atoms with Gasteiger partial charge in [0.05, 0.1) is 42.9 Å². The number of rotatable bonds is 8. The van der Waals surface area contributed by atoms with Crippen LogP contribution < -0.4 is 9.47 Å². The number of hydrogen-bond donors (Lipinski definition) is 0. The van der Waals surface area contributed by atoms with Crippen LogP contribution in [-0.2, 0) is 13.1 Å². The van der Waals surface area contributed by atoms with Crippen LogP contribution in [0.1, 0.15) is 20.8 Å². The van der Waals surface area contributed by atoms with Crippen molar-refractivity contribution in [2.24, 2.45) is 0 Å². The number of amides is 1. The second-order valence-electron chi connectivity index (χ2n) is 7.15. The lowest BCUT2D eigenvalue weighted by Gasteiger charge is -2.25. The normalized spacial score (nSPS) is 10.7. The molecular formula is C25H23ClN2O3S. The number of methoxy groups -OCH3 is 2. The molecule has 1 amide bonds. The summed E-state index contributed by atoms with van der Waals surface area (Å²) in [4.78, 5) is 16.6. The van der Waals surface area contributed by atoms with Crippen molar-refractivity contribution < 1.29 is 14.3 Å². The van der Waals surface area contributed by atoms with Crippen molar-refractivity contribution in [2.45, 2.75) is 13.1 Å². The first-order valence-corrected chi connectivity index (χ1v) is 11.2. The number of thiophene rings is 1. The van der Waals surface area contributed by atoms with Crippen LogP contribution in [0.15, 0.2) is 79.1 Å². The van der Waals surface area contributed by atoms with Crippen LogP contribution in [-0.4, -0.2) is 29.6 Å². The third-order valence-electron chi connectivity index (χ3n) is 5.14. The lowest BCUT2D eigenvalue weighted by atomic mass is 10.1. The highest BCUT2D eigenvalue weighted by Crippen LogP contribution is 2.29. The van der Waals surface area contributed by atoms with Crippen LogP contribution >= 0.6 is 22.9 Å². The van der Waals surface area contributed by atoms with Gasteiger partial charge in [-0.05, 0) is 48.5 Å². The Morgan fingerprint density at radius 1 is 0.969 bits per heavy atom. The molecule has 0 aliphatic heterocycles. The Morgan fingerprint density at radius 3 is 2.44 bits per heavy atom. The summed E-state index contributed by atoms with van der Waals surface area (Å²) in [6.45, 7) is 0.812. The van der Waals surface area contributed by atoms with E-state index in [1.807, 2.05) is 88.6 Å². The largest absolute Gasteiger partial charge is 0.497 e. The Kier molecular flexibility index (Phi) is 6.83. The lowest BCUT2D eigenvalue weighted by molar-refractivity contribution is 0.0730. The fourth-order valence-electron chi connectivity index (χ4n) is 3.56. The van der Waals surface area contributed by atoms with Gasteiger partial charge in [-0.15, -0.1) is 11.3 Å². The Balaban J connectivity index is 1.71. The van der Waals surface area contributed by atoms with Crippen molar-refractivity contribution in [3.05, 3.63) is 99.5 Å². The standard InChI is InChI=1S/C25H23ClN2O3S/c1-30-19-10-9-18(23(15-19)31-2)16-28(17-20-11-12-24(26)32-20)25(29)21-7-3-4-8-22(21)27-13-5-6-14-27/h3-15H,16-17H2,1-2H3. The van der Waals surface area contributed by atoms with Crippen LogP contribution in [0, 0.1) is 0 Å². The summed E-state index contributed by atoms with van der Waals surface area (Å²) in [5, 5.41) is 0. The van der Waals surface area contributed by atoms with Gasteiger partial charge in [0.15, 0.2) is 0 Å². The first-order valence-electron chi connectivity index (χ1n) is 10.1. The van der Waals surface area contributed by atoms with Gasteiger partial charge in [0.1, 0.15) is 11.5 Å². The molecular weight excluding hydrogens is 444 g/mol. The molecule has 0 saturated heterocycles. The van der Waals surface area contributed by atoms with Crippen molar-refractivity contribution in [1.82, 2.24) is 9.47 Å². The highest BCUT2D eigenvalue weighted by molar-refractivity contribution is 7.16. The summed E-state index contributed by atoms with van der Waals surface area (Å²) in [6.07, 6.45) is 3.87. The Labute approximate surface area is 196 Å². The van der Waals surface area contributed by atoms with Crippen LogP contribution in [0.3, 0.4) is 0 Å². The van der Waals surface area contributed by atoms with E-state index in [4.69, 9.17) is 21.1 Å². The Morgan fingerprint density at radius 2 is 1.75 bits per heavy atom. The van der Waals surface area contributed by atoms with Crippen LogP contribution in [0.5, 0.6) is 11.5 Å². The predicted octanol–water partition coefficient (Wildman–Crippen LogP) is 6.05. The first kappa shape index (κ1) is 22.0. The van der Waals surface area contributed by atoms with Gasteiger partial charge < -0.3 is 18.9 Å². The summed E-state index contributed by atoms with van der Waals surface area (Å²) in [5.74, 6) is 1.30. The molecule has 0 atom stereocenters. The fourth-order valence-corrected chi connectivity index (χ4v) is 4.66. The zero-order valence-corrected chi connectivity index (χ0v) is 19.4. The van der Waals surface area contributed by atoms with Gasteiger partial charge >= 0.3 is 0 Å². The van der Waals surface area contributed by atoms with Gasteiger partial charge in [-0.2, -0.15) is 0 Å². The van der Waals surface area contributed by atoms with Crippen molar-refractivity contribution in [2.75, 3.05) is 14.2 Å². The molecule has 0 radical (unpaired) electrons. The number of carbonyl (C=O) groups excluding carboxylic acids is 1. The maximum Gasteiger partial charge on any atom is 0.256 e. The highest BCUT2D eigenvalue weighted by atomic mass is 35.5. The molecule has 0 unspecified atom stereocenters. The van der Waals surface area contributed by atoms with Gasteiger partial charge in [-0.25, -0.2) is 0 Å². The summed E-state index contributed by atoms with van der Waals surface area (Å²) >= 11 is 7.62. The average molecular weight is 467 g/mol. The van der Waals surface area contributed by atoms with Crippen LogP contribution in [0.4, 0.5) is 0 Å². The van der Waals surface area contributed by atoms with E-state index in [1.54, 1.807) is 14.2 Å². The first-order chi connectivity index (χ1) is 15.6. The lowest BCUT2D eigenvalue weighted by Crippen LogP contribution is -2.30. The molecule has 0 fully saturated rings. The molecule has 2 aromatic heterocycles. The molecule has 2 heterocycles. The molecule has 164 valence electrons. The van der Waals surface area contributed by atoms with Gasteiger partial charge in [-0.3, -0.25) is 4.79 Å². The maximum absolute atomic E-state index is 13.8. The molecule has 0 aliphatic carbocycles. The molecule has 32 heavy (non-hydrogen) atoms. The number of benzene rings is 2. The summed E-state index contributed by atoms with van der Waals surface area (Å²) in [6, 6.07) is 20.9. The quantitative estimate of drug-likeness (QED) is 0.317. The molecule has 4 rings (SSSR count). The second-order valence-corrected chi connectivity index (χ2v) is 8.95. The number of ether oxygens (including phenoxy) is 2. The SMILES string of the molecule is COc1ccc(CN(Cc2ccc(Cl)s2)C(=O)c2ccccc2-n2cccc2)c(OC)c1. The molecule has 2 aromatic carbocycles. The average Bonchev–Trinajstić information content (AvgIpc) is 3.50. The van der Waals surface area contributed by atoms with Crippen molar-refractivity contribution >= 4 is 28.8 Å². The van der Waals surface area contributed by atoms with E-state index in [0.29, 0.717) is 34.5 Å². The van der Waals surface area contributed by atoms with Crippen molar-refractivity contribution in [3.8, 4) is 17.2 Å². The molecule has 0 aliphatic rings. The minimum atomic E-state index is -0.0725. The molecule has 0 saturated carbocycles. The fraction of sp³-hybridized carbons (Fsp3) is 0.160. The van der Waals surface area contributed by atoms with Gasteiger partial charge in [0, 0.05) is 28.9 Å². The van der Waals surface area contributed by atoms with E-state index in [9.17, 15) is 4.79 Å². The van der Waals surface area contributed by atoms with Gasteiger partial charge in [0.2, 0.25) is 0 Å². The van der Waals surface area contributed by atoms with Crippen LogP contribution in [0.25, 0.3) is 5.69 Å². The third kappa shape index (κ3) is 4.82. The number of aromatic nitrogens is 1. The number of para-hydroxylation sites is 1. The zero-order chi connectivity index (χ0) is 22.5. The topological polar surface area (TPSA) is 43.7 Å². The van der Waals surface area contributed by atoms with Gasteiger partial charge in [0.25, 0.3) is 5.91 Å². The zero-order valence-electron chi connectivity index (χ0n) is 17.8. The number of halogens is 1. The van der Waals surface area contributed by atoms with E-state index in [-0.39, 0.29) is 5.91 Å². The predicted molar refractivity (Wildman–Crippen MR) is 128 cm³/mol. The minimum Gasteiger partial charge on any atom is -0.497 e. The van der Waals surface area contributed by atoms with Crippen molar-refractivity contribution in [1.29, 1.82) is 0 Å². The highest BCUT2D eigenvalue weighted by Gasteiger charge is 2.22. The van der Waals surface area contributed by atoms with Crippen molar-refractivity contribution in [3.63, 3.8) is 0 Å². The smallest absolute Gasteiger partial charge is 0.256 e. The molecule has 0 N–H and O–H groups in total. The summed E-state index contributed by atoms with van der Waals surface area (Å²) < 4.78 is 13.5. The number of nitrogens with zero attached hydrogens (tertiary/aromatic N) is 2. The van der Waals surface area contributed by atoms with E-state index >= 15 is 0 Å². The second kappa shape index (κ2) is 9.94. The van der Waals surface area contributed by atoms with E-state index < -0.39 is 0 Å². The van der Waals surface area contributed by atoms with Crippen LogP contribution in [0.2, 0.25) is 4.34 Å². The molecule has 0 bridgehead atoms. The Bertz CT molecular complexity index is 1200. The number of hydrogen-bond acceptors (Lipinski definition) is 4. The maximum atomic E-state index is 13.8. The summed E-state index contributed by atoms with van der Waals surface area (Å²) in [7, 11) is 3.23. The molecule has 7 heteroatoms. The van der Waals surface area contributed by atoms with E-state index in [2.05, 4.69) is 0 Å².